The van der Waals surface area contributed by atoms with E-state index in [9.17, 15) is 17.6 Å². The molecule has 3 fully saturated rings. The molecule has 0 bridgehead atoms. The Kier molecular flexibility index (Phi) is 6.19. The molecule has 224 valence electrons. The number of nitrogens with two attached hydrogens (primary N) is 1. The highest BCUT2D eigenvalue weighted by atomic mass is 35.5. The van der Waals surface area contributed by atoms with Gasteiger partial charge in [0.25, 0.3) is 0 Å². The van der Waals surface area contributed by atoms with E-state index < -0.39 is 51.1 Å². The highest BCUT2D eigenvalue weighted by Crippen LogP contribution is 2.49. The lowest BCUT2D eigenvalue weighted by atomic mass is 9.76. The van der Waals surface area contributed by atoms with Gasteiger partial charge in [-0.15, -0.1) is 0 Å². The first-order chi connectivity index (χ1) is 19.9. The summed E-state index contributed by atoms with van der Waals surface area (Å²) in [5.41, 5.74) is 1.91. The summed E-state index contributed by atoms with van der Waals surface area (Å²) < 4.78 is 85.4. The van der Waals surface area contributed by atoms with E-state index in [0.29, 0.717) is 18.8 Å². The number of aromatic nitrogens is 3. The molecule has 2 saturated heterocycles. The first kappa shape index (κ1) is 27.6. The van der Waals surface area contributed by atoms with Crippen LogP contribution in [0, 0.1) is 5.82 Å². The summed E-state index contributed by atoms with van der Waals surface area (Å²) in [6.45, 7) is 1.35. The van der Waals surface area contributed by atoms with Gasteiger partial charge in [0.15, 0.2) is 5.82 Å². The molecule has 7 rings (SSSR count). The van der Waals surface area contributed by atoms with Crippen LogP contribution in [0.4, 0.5) is 33.5 Å². The first-order valence-electron chi connectivity index (χ1n) is 13.9. The van der Waals surface area contributed by atoms with E-state index in [0.717, 1.165) is 50.8 Å². The quantitative estimate of drug-likeness (QED) is 0.293. The topological polar surface area (TPSA) is 89.6 Å². The zero-order chi connectivity index (χ0) is 29.6. The van der Waals surface area contributed by atoms with Gasteiger partial charge in [-0.1, -0.05) is 11.6 Å². The van der Waals surface area contributed by atoms with Crippen molar-refractivity contribution in [1.29, 1.82) is 0 Å². The minimum atomic E-state index is -4.93. The van der Waals surface area contributed by atoms with Crippen molar-refractivity contribution in [3.8, 4) is 23.1 Å². The molecule has 1 spiro atoms. The highest BCUT2D eigenvalue weighted by molar-refractivity contribution is 6.32. The third kappa shape index (κ3) is 4.14. The Balaban J connectivity index is 1.41. The number of rotatable bonds is 4. The molecule has 2 N–H and O–H groups in total. The molecule has 42 heavy (non-hydrogen) atoms. The lowest BCUT2D eigenvalue weighted by Gasteiger charge is -2.47. The van der Waals surface area contributed by atoms with E-state index in [-0.39, 0.29) is 41.7 Å². The summed E-state index contributed by atoms with van der Waals surface area (Å²) in [6.07, 6.45) is -1.46. The minimum Gasteiger partial charge on any atom is -0.475 e. The summed E-state index contributed by atoms with van der Waals surface area (Å²) in [5, 5.41) is -0.557. The number of ether oxygens (including phenoxy) is 2. The molecule has 1 aliphatic carbocycles. The third-order valence-corrected chi connectivity index (χ3v) is 9.68. The van der Waals surface area contributed by atoms with Gasteiger partial charge in [-0.25, -0.2) is 13.8 Å². The molecule has 1 aromatic carbocycles. The molecule has 8 nitrogen and oxygen atoms in total. The molecule has 3 aliphatic heterocycles. The number of nitrogen functional groups attached to an aromatic ring is 1. The van der Waals surface area contributed by atoms with Crippen molar-refractivity contribution < 1.29 is 31.4 Å². The second-order valence-electron chi connectivity index (χ2n) is 11.8. The Morgan fingerprint density at radius 1 is 1.17 bits per heavy atom. The molecule has 14 heteroatoms. The molecule has 3 aromatic rings. The third-order valence-electron chi connectivity index (χ3n) is 9.39. The number of hydrogen-bond acceptors (Lipinski definition) is 8. The van der Waals surface area contributed by atoms with Gasteiger partial charge < -0.3 is 20.1 Å². The van der Waals surface area contributed by atoms with Crippen molar-refractivity contribution in [2.75, 3.05) is 44.0 Å². The van der Waals surface area contributed by atoms with Crippen molar-refractivity contribution >= 4 is 34.0 Å². The zero-order valence-electron chi connectivity index (χ0n) is 22.7. The van der Waals surface area contributed by atoms with Gasteiger partial charge >= 0.3 is 12.2 Å². The van der Waals surface area contributed by atoms with Crippen LogP contribution in [0.1, 0.15) is 44.1 Å². The predicted octanol–water partition coefficient (Wildman–Crippen LogP) is 5.79. The fourth-order valence-corrected chi connectivity index (χ4v) is 7.37. The van der Waals surface area contributed by atoms with Gasteiger partial charge in [0, 0.05) is 31.3 Å². The number of hydrogen-bond donors (Lipinski definition) is 1. The molecule has 0 amide bonds. The summed E-state index contributed by atoms with van der Waals surface area (Å²) >= 11 is 5.98. The van der Waals surface area contributed by atoms with Gasteiger partial charge in [0.1, 0.15) is 41.8 Å². The number of likely N-dealkylation sites (N-methyl/N-ethyl adjacent to an activating group) is 1. The van der Waals surface area contributed by atoms with Crippen LogP contribution >= 0.6 is 11.6 Å². The SMILES string of the molecule is CN1c2nc(OC[C@@]34CCCN3C[C@H](F)C4)nc3c(F)c(-c4cc(N)cc(Cl)c4C(F)(F)F)nc(c23)OCC12CCC2. The Morgan fingerprint density at radius 2 is 1.95 bits per heavy atom. The van der Waals surface area contributed by atoms with E-state index >= 15 is 4.39 Å². The normalized spacial score (nSPS) is 24.9. The fourth-order valence-electron chi connectivity index (χ4n) is 7.03. The molecule has 0 unspecified atom stereocenters. The largest absolute Gasteiger partial charge is 0.475 e. The Hall–Kier alpha value is -3.19. The van der Waals surface area contributed by atoms with E-state index in [4.69, 9.17) is 26.8 Å². The van der Waals surface area contributed by atoms with Gasteiger partial charge in [-0.05, 0) is 50.8 Å². The summed E-state index contributed by atoms with van der Waals surface area (Å²) in [5.74, 6) is -0.916. The van der Waals surface area contributed by atoms with Crippen molar-refractivity contribution in [2.45, 2.75) is 62.0 Å². The molecule has 0 radical (unpaired) electrons. The van der Waals surface area contributed by atoms with Gasteiger partial charge in [-0.2, -0.15) is 23.1 Å². The van der Waals surface area contributed by atoms with Crippen molar-refractivity contribution in [3.05, 3.63) is 28.5 Å². The molecular weight excluding hydrogens is 583 g/mol. The molecule has 4 aliphatic rings. The summed E-state index contributed by atoms with van der Waals surface area (Å²) in [4.78, 5) is 17.2. The van der Waals surface area contributed by atoms with E-state index in [1.54, 1.807) is 0 Å². The lowest BCUT2D eigenvalue weighted by molar-refractivity contribution is -0.137. The van der Waals surface area contributed by atoms with Crippen LogP contribution < -0.4 is 20.1 Å². The number of alkyl halides is 4. The van der Waals surface area contributed by atoms with E-state index in [1.165, 1.54) is 0 Å². The highest BCUT2D eigenvalue weighted by Gasteiger charge is 2.50. The van der Waals surface area contributed by atoms with Gasteiger partial charge in [0.2, 0.25) is 5.88 Å². The minimum absolute atomic E-state index is 0.0955. The van der Waals surface area contributed by atoms with Crippen molar-refractivity contribution in [1.82, 2.24) is 19.9 Å². The monoisotopic (exact) mass is 610 g/mol. The number of halogens is 6. The number of fused-ring (bicyclic) bond motifs is 1. The number of pyridine rings is 1. The lowest BCUT2D eigenvalue weighted by Crippen LogP contribution is -2.56. The van der Waals surface area contributed by atoms with Crippen LogP contribution in [0.2, 0.25) is 5.02 Å². The van der Waals surface area contributed by atoms with Crippen LogP contribution in [0.25, 0.3) is 22.2 Å². The average Bonchev–Trinajstić information content (AvgIpc) is 3.37. The van der Waals surface area contributed by atoms with Crippen LogP contribution in [0.15, 0.2) is 12.1 Å². The van der Waals surface area contributed by atoms with Crippen molar-refractivity contribution in [3.63, 3.8) is 0 Å². The zero-order valence-corrected chi connectivity index (χ0v) is 23.5. The average molecular weight is 611 g/mol. The smallest absolute Gasteiger partial charge is 0.418 e. The number of anilines is 2. The Bertz CT molecular complexity index is 1600. The van der Waals surface area contributed by atoms with Crippen molar-refractivity contribution in [2.24, 2.45) is 0 Å². The van der Waals surface area contributed by atoms with Crippen LogP contribution in [0.5, 0.6) is 11.9 Å². The maximum atomic E-state index is 16.4. The molecule has 2 atom stereocenters. The molecule has 1 saturated carbocycles. The standard InChI is InChI=1S/C28H28ClF5N6O2/c1-39-23-18-22(37-25(38-23)42-13-27-6-3-7-40(27)11-14(30)10-27)20(31)21(36-24(18)41-12-26(39)4-2-5-26)16-8-15(35)9-17(29)19(16)28(32,33)34/h8-9,14H,2-7,10-13,35H2,1H3/t14-,27+/m1/s1. The Labute approximate surface area is 242 Å². The maximum absolute atomic E-state index is 16.4. The number of benzene rings is 1. The van der Waals surface area contributed by atoms with Gasteiger partial charge in [0.05, 0.1) is 21.7 Å². The Morgan fingerprint density at radius 3 is 2.67 bits per heavy atom. The predicted molar refractivity (Wildman–Crippen MR) is 146 cm³/mol. The number of nitrogens with zero attached hydrogens (tertiary/aromatic N) is 5. The van der Waals surface area contributed by atoms with Crippen LogP contribution in [-0.4, -0.2) is 70.5 Å². The van der Waals surface area contributed by atoms with Crippen LogP contribution in [0.3, 0.4) is 0 Å². The molecule has 2 aromatic heterocycles. The fraction of sp³-hybridized carbons (Fsp3) is 0.536. The summed E-state index contributed by atoms with van der Waals surface area (Å²) in [6, 6.07) is 1.78. The van der Waals surface area contributed by atoms with E-state index in [2.05, 4.69) is 19.9 Å². The molecule has 5 heterocycles. The van der Waals surface area contributed by atoms with E-state index in [1.807, 2.05) is 11.9 Å². The molecular formula is C28H28ClF5N6O2. The second-order valence-corrected chi connectivity index (χ2v) is 12.3. The summed E-state index contributed by atoms with van der Waals surface area (Å²) in [7, 11) is 1.82. The maximum Gasteiger partial charge on any atom is 0.418 e. The van der Waals surface area contributed by atoms with Crippen LogP contribution in [-0.2, 0) is 6.18 Å². The van der Waals surface area contributed by atoms with Gasteiger partial charge in [-0.3, -0.25) is 4.90 Å². The first-order valence-corrected chi connectivity index (χ1v) is 14.3. The second kappa shape index (κ2) is 9.40.